The van der Waals surface area contributed by atoms with Crippen molar-refractivity contribution in [3.63, 3.8) is 0 Å². The van der Waals surface area contributed by atoms with Crippen molar-refractivity contribution in [2.24, 2.45) is 0 Å². The predicted molar refractivity (Wildman–Crippen MR) is 81.6 cm³/mol. The van der Waals surface area contributed by atoms with Crippen LogP contribution >= 0.6 is 11.6 Å². The van der Waals surface area contributed by atoms with E-state index in [2.05, 4.69) is 4.72 Å². The molecule has 0 amide bonds. The van der Waals surface area contributed by atoms with Gasteiger partial charge in [-0.15, -0.1) is 0 Å². The maximum atomic E-state index is 12.0. The van der Waals surface area contributed by atoms with E-state index in [1.165, 1.54) is 0 Å². The summed E-state index contributed by atoms with van der Waals surface area (Å²) in [5.41, 5.74) is 0.586. The quantitative estimate of drug-likeness (QED) is 0.867. The largest absolute Gasteiger partial charge is 0.350 e. The lowest BCUT2D eigenvalue weighted by atomic mass is 10.2. The Morgan fingerprint density at radius 1 is 1.29 bits per heavy atom. The third-order valence-electron chi connectivity index (χ3n) is 3.31. The van der Waals surface area contributed by atoms with Crippen LogP contribution in [0.1, 0.15) is 25.3 Å². The standard InChI is InChI=1S/C14H20ClNO4S/c1-14(19-9-4-10-20-14)7-8-16-21(17,18)11-12-5-2-3-6-13(12)15/h2-3,5-6,16H,4,7-11H2,1H3. The van der Waals surface area contributed by atoms with Gasteiger partial charge in [-0.2, -0.15) is 0 Å². The summed E-state index contributed by atoms with van der Waals surface area (Å²) in [6.07, 6.45) is 1.34. The Kier molecular flexibility index (Phi) is 5.62. The summed E-state index contributed by atoms with van der Waals surface area (Å²) in [6, 6.07) is 6.92. The number of ether oxygens (including phenoxy) is 2. The van der Waals surface area contributed by atoms with Crippen LogP contribution in [0.25, 0.3) is 0 Å². The number of nitrogens with one attached hydrogen (secondary N) is 1. The molecule has 7 heteroatoms. The van der Waals surface area contributed by atoms with Crippen LogP contribution in [-0.4, -0.2) is 34.0 Å². The molecule has 21 heavy (non-hydrogen) atoms. The molecule has 0 bridgehead atoms. The minimum Gasteiger partial charge on any atom is -0.350 e. The molecule has 1 N–H and O–H groups in total. The van der Waals surface area contributed by atoms with Crippen molar-refractivity contribution in [1.82, 2.24) is 4.72 Å². The van der Waals surface area contributed by atoms with Crippen LogP contribution in [0.15, 0.2) is 24.3 Å². The smallest absolute Gasteiger partial charge is 0.215 e. The molecule has 0 spiro atoms. The number of hydrogen-bond donors (Lipinski definition) is 1. The average molecular weight is 334 g/mol. The molecule has 118 valence electrons. The van der Waals surface area contributed by atoms with Crippen molar-refractivity contribution in [3.05, 3.63) is 34.9 Å². The Hall–Kier alpha value is -0.660. The van der Waals surface area contributed by atoms with Gasteiger partial charge in [-0.25, -0.2) is 13.1 Å². The molecule has 0 aromatic heterocycles. The Labute approximate surface area is 130 Å². The number of benzene rings is 1. The molecule has 0 aliphatic carbocycles. The third-order valence-corrected chi connectivity index (χ3v) is 5.01. The lowest BCUT2D eigenvalue weighted by molar-refractivity contribution is -0.257. The van der Waals surface area contributed by atoms with Gasteiger partial charge in [0.15, 0.2) is 5.79 Å². The zero-order valence-electron chi connectivity index (χ0n) is 12.0. The highest BCUT2D eigenvalue weighted by molar-refractivity contribution is 7.88. The van der Waals surface area contributed by atoms with E-state index in [-0.39, 0.29) is 12.3 Å². The van der Waals surface area contributed by atoms with Crippen molar-refractivity contribution < 1.29 is 17.9 Å². The maximum absolute atomic E-state index is 12.0. The van der Waals surface area contributed by atoms with E-state index >= 15 is 0 Å². The van der Waals surface area contributed by atoms with Crippen LogP contribution in [0.3, 0.4) is 0 Å². The average Bonchev–Trinajstić information content (AvgIpc) is 2.41. The first kappa shape index (κ1) is 16.7. The summed E-state index contributed by atoms with van der Waals surface area (Å²) >= 11 is 5.98. The fourth-order valence-corrected chi connectivity index (χ4v) is 3.58. The summed E-state index contributed by atoms with van der Waals surface area (Å²) in [7, 11) is -3.43. The van der Waals surface area contributed by atoms with Gasteiger partial charge < -0.3 is 9.47 Å². The third kappa shape index (κ3) is 5.23. The van der Waals surface area contributed by atoms with Crippen LogP contribution in [0.5, 0.6) is 0 Å². The highest BCUT2D eigenvalue weighted by Gasteiger charge is 2.29. The van der Waals surface area contributed by atoms with Gasteiger partial charge in [0.05, 0.1) is 19.0 Å². The first-order valence-electron chi connectivity index (χ1n) is 6.89. The topological polar surface area (TPSA) is 64.6 Å². The van der Waals surface area contributed by atoms with Gasteiger partial charge in [0.1, 0.15) is 0 Å². The number of hydrogen-bond acceptors (Lipinski definition) is 4. The molecule has 0 radical (unpaired) electrons. The van der Waals surface area contributed by atoms with Gasteiger partial charge in [-0.05, 0) is 25.0 Å². The molecule has 0 atom stereocenters. The van der Waals surface area contributed by atoms with Gasteiger partial charge in [-0.3, -0.25) is 0 Å². The van der Waals surface area contributed by atoms with Crippen molar-refractivity contribution in [2.75, 3.05) is 19.8 Å². The number of rotatable bonds is 6. The second-order valence-corrected chi connectivity index (χ2v) is 7.39. The first-order chi connectivity index (χ1) is 9.90. The molecule has 0 unspecified atom stereocenters. The van der Waals surface area contributed by atoms with Crippen molar-refractivity contribution >= 4 is 21.6 Å². The summed E-state index contributed by atoms with van der Waals surface area (Å²) < 4.78 is 37.7. The maximum Gasteiger partial charge on any atom is 0.215 e. The summed E-state index contributed by atoms with van der Waals surface area (Å²) in [6.45, 7) is 3.38. The van der Waals surface area contributed by atoms with Crippen molar-refractivity contribution in [2.45, 2.75) is 31.3 Å². The molecule has 0 saturated carbocycles. The lowest BCUT2D eigenvalue weighted by Crippen LogP contribution is -2.41. The first-order valence-corrected chi connectivity index (χ1v) is 8.92. The molecule has 1 aliphatic heterocycles. The molecule has 1 fully saturated rings. The second kappa shape index (κ2) is 7.07. The van der Waals surface area contributed by atoms with Crippen LogP contribution < -0.4 is 4.72 Å². The van der Waals surface area contributed by atoms with Crippen LogP contribution in [0, 0.1) is 0 Å². The fraction of sp³-hybridized carbons (Fsp3) is 0.571. The highest BCUT2D eigenvalue weighted by atomic mass is 35.5. The minimum absolute atomic E-state index is 0.134. The molecule has 1 aromatic rings. The van der Waals surface area contributed by atoms with Gasteiger partial charge in [0.25, 0.3) is 0 Å². The highest BCUT2D eigenvalue weighted by Crippen LogP contribution is 2.22. The Bertz CT molecular complexity index is 570. The Balaban J connectivity index is 1.85. The molecule has 5 nitrogen and oxygen atoms in total. The molecule has 1 aromatic carbocycles. The Morgan fingerprint density at radius 2 is 1.95 bits per heavy atom. The van der Waals surface area contributed by atoms with E-state index in [0.29, 0.717) is 30.2 Å². The minimum atomic E-state index is -3.43. The van der Waals surface area contributed by atoms with E-state index in [4.69, 9.17) is 21.1 Å². The SMILES string of the molecule is CC1(CCNS(=O)(=O)Cc2ccccc2Cl)OCCCO1. The van der Waals surface area contributed by atoms with E-state index in [0.717, 1.165) is 6.42 Å². The van der Waals surface area contributed by atoms with Gasteiger partial charge >= 0.3 is 0 Å². The lowest BCUT2D eigenvalue weighted by Gasteiger charge is -2.33. The number of sulfonamides is 1. The second-order valence-electron chi connectivity index (χ2n) is 5.18. The molecule has 1 aliphatic rings. The monoisotopic (exact) mass is 333 g/mol. The molecule has 2 rings (SSSR count). The fourth-order valence-electron chi connectivity index (χ4n) is 2.13. The van der Waals surface area contributed by atoms with Crippen molar-refractivity contribution in [3.8, 4) is 0 Å². The van der Waals surface area contributed by atoms with Crippen LogP contribution in [0.2, 0.25) is 5.02 Å². The van der Waals surface area contributed by atoms with Gasteiger partial charge in [0.2, 0.25) is 10.0 Å². The van der Waals surface area contributed by atoms with E-state index in [1.54, 1.807) is 24.3 Å². The summed E-state index contributed by atoms with van der Waals surface area (Å²) in [5.74, 6) is -0.837. The molecular formula is C14H20ClNO4S. The zero-order chi connectivity index (χ0) is 15.3. The molecule has 1 saturated heterocycles. The zero-order valence-corrected chi connectivity index (χ0v) is 13.5. The van der Waals surface area contributed by atoms with Crippen LogP contribution in [0.4, 0.5) is 0 Å². The van der Waals surface area contributed by atoms with Gasteiger partial charge in [-0.1, -0.05) is 29.8 Å². The van der Waals surface area contributed by atoms with E-state index < -0.39 is 15.8 Å². The normalized spacial score (nSPS) is 18.6. The van der Waals surface area contributed by atoms with Crippen molar-refractivity contribution in [1.29, 1.82) is 0 Å². The Morgan fingerprint density at radius 3 is 2.62 bits per heavy atom. The summed E-state index contributed by atoms with van der Waals surface area (Å²) in [5, 5.41) is 0.453. The molecular weight excluding hydrogens is 314 g/mol. The summed E-state index contributed by atoms with van der Waals surface area (Å²) in [4.78, 5) is 0. The number of halogens is 1. The predicted octanol–water partition coefficient (Wildman–Crippen LogP) is 2.30. The molecule has 1 heterocycles. The van der Waals surface area contributed by atoms with E-state index in [1.807, 2.05) is 6.92 Å². The van der Waals surface area contributed by atoms with E-state index in [9.17, 15) is 8.42 Å². The van der Waals surface area contributed by atoms with Gasteiger partial charge in [0, 0.05) is 18.0 Å². The van der Waals surface area contributed by atoms with Crippen LogP contribution in [-0.2, 0) is 25.2 Å².